The number of rotatable bonds is 4. The van der Waals surface area contributed by atoms with E-state index in [-0.39, 0.29) is 12.4 Å². The number of Topliss-reactive ketones (excluding diaryl/α,β-unsaturated/α-hetero) is 1. The minimum Gasteiger partial charge on any atom is -0.395 e. The van der Waals surface area contributed by atoms with Crippen LogP contribution in [0.1, 0.15) is 39.5 Å². The molecule has 19 heavy (non-hydrogen) atoms. The second kappa shape index (κ2) is 5.06. The van der Waals surface area contributed by atoms with Crippen LogP contribution in [0.4, 0.5) is 0 Å². The maximum Gasteiger partial charge on any atom is 0.171 e. The number of ketones is 1. The molecule has 0 bridgehead atoms. The fourth-order valence-electron chi connectivity index (χ4n) is 3.08. The van der Waals surface area contributed by atoms with Crippen LogP contribution in [-0.2, 0) is 17.6 Å². The number of aryl methyl sites for hydroxylation is 1. The lowest BCUT2D eigenvalue weighted by Gasteiger charge is -2.17. The molecule has 0 heterocycles. The lowest BCUT2D eigenvalue weighted by Crippen LogP contribution is -2.28. The summed E-state index contributed by atoms with van der Waals surface area (Å²) in [5.74, 6) is 0.0844. The summed E-state index contributed by atoms with van der Waals surface area (Å²) in [6, 6.07) is 2.10. The van der Waals surface area contributed by atoms with Crippen LogP contribution in [0.5, 0.6) is 0 Å². The fraction of sp³-hybridized carbons (Fsp3) is 0.562. The third kappa shape index (κ3) is 2.21. The van der Waals surface area contributed by atoms with Crippen LogP contribution < -0.4 is 0 Å². The van der Waals surface area contributed by atoms with E-state index in [0.717, 1.165) is 23.1 Å². The quantitative estimate of drug-likeness (QED) is 0.905. The molecule has 1 aromatic carbocycles. The van der Waals surface area contributed by atoms with Gasteiger partial charge in [-0.3, -0.25) is 4.79 Å². The molecule has 0 spiro atoms. The van der Waals surface area contributed by atoms with Crippen molar-refractivity contribution in [2.45, 2.75) is 33.6 Å². The van der Waals surface area contributed by atoms with Crippen LogP contribution in [0, 0.1) is 19.3 Å². The van der Waals surface area contributed by atoms with Crippen molar-refractivity contribution in [1.82, 2.24) is 0 Å². The Morgan fingerprint density at radius 1 is 1.42 bits per heavy atom. The van der Waals surface area contributed by atoms with E-state index in [1.54, 1.807) is 7.11 Å². The van der Waals surface area contributed by atoms with Gasteiger partial charge >= 0.3 is 0 Å². The third-order valence-electron chi connectivity index (χ3n) is 4.28. The molecule has 0 saturated carbocycles. The molecule has 1 aliphatic rings. The molecule has 3 nitrogen and oxygen atoms in total. The third-order valence-corrected chi connectivity index (χ3v) is 4.28. The molecule has 1 N–H and O–H groups in total. The zero-order valence-corrected chi connectivity index (χ0v) is 12.2. The predicted molar refractivity (Wildman–Crippen MR) is 74.7 cm³/mol. The zero-order valence-electron chi connectivity index (χ0n) is 12.2. The Morgan fingerprint density at radius 3 is 2.68 bits per heavy atom. The maximum atomic E-state index is 12.5. The molecule has 0 aromatic heterocycles. The second-order valence-corrected chi connectivity index (χ2v) is 5.80. The Morgan fingerprint density at radius 2 is 2.11 bits per heavy atom. The van der Waals surface area contributed by atoms with Crippen molar-refractivity contribution >= 4 is 5.78 Å². The molecule has 1 aromatic rings. The maximum absolute atomic E-state index is 12.5. The summed E-state index contributed by atoms with van der Waals surface area (Å²) in [5.41, 5.74) is 4.75. The van der Waals surface area contributed by atoms with Gasteiger partial charge in [-0.25, -0.2) is 0 Å². The second-order valence-electron chi connectivity index (χ2n) is 5.80. The van der Waals surface area contributed by atoms with Gasteiger partial charge in [0.2, 0.25) is 0 Å². The van der Waals surface area contributed by atoms with E-state index in [1.165, 1.54) is 11.1 Å². The summed E-state index contributed by atoms with van der Waals surface area (Å²) in [6.45, 7) is 6.51. The Labute approximate surface area is 114 Å². The van der Waals surface area contributed by atoms with Gasteiger partial charge in [0.05, 0.1) is 18.6 Å². The zero-order chi connectivity index (χ0) is 14.2. The monoisotopic (exact) mass is 262 g/mol. The van der Waals surface area contributed by atoms with Gasteiger partial charge in [-0.1, -0.05) is 6.07 Å². The number of carbonyl (C=O) groups excluding carboxylic acids is 1. The number of hydrogen-bond donors (Lipinski definition) is 1. The molecular weight excluding hydrogens is 240 g/mol. The molecule has 104 valence electrons. The standard InChI is InChI=1S/C16H22O3/c1-10-7-12-8-16(3,9-17)15(18)14(12)11(2)13(10)5-6-19-4/h7,17H,5-6,8-9H2,1-4H3/t16-/m0/s1. The lowest BCUT2D eigenvalue weighted by molar-refractivity contribution is 0.0722. The average Bonchev–Trinajstić information content (AvgIpc) is 2.62. The molecule has 0 amide bonds. The van der Waals surface area contributed by atoms with Crippen LogP contribution in [0.2, 0.25) is 0 Å². The normalized spacial score (nSPS) is 21.8. The van der Waals surface area contributed by atoms with Crippen molar-refractivity contribution in [3.63, 3.8) is 0 Å². The fourth-order valence-corrected chi connectivity index (χ4v) is 3.08. The number of hydrogen-bond acceptors (Lipinski definition) is 3. The molecule has 0 saturated heterocycles. The van der Waals surface area contributed by atoms with Crippen molar-refractivity contribution in [2.75, 3.05) is 20.3 Å². The minimum absolute atomic E-state index is 0.0844. The summed E-state index contributed by atoms with van der Waals surface area (Å²) in [7, 11) is 1.69. The van der Waals surface area contributed by atoms with Crippen LogP contribution in [0.3, 0.4) is 0 Å². The summed E-state index contributed by atoms with van der Waals surface area (Å²) in [5, 5.41) is 9.50. The first-order valence-corrected chi connectivity index (χ1v) is 6.71. The van der Waals surface area contributed by atoms with E-state index in [4.69, 9.17) is 4.74 Å². The van der Waals surface area contributed by atoms with E-state index in [2.05, 4.69) is 13.0 Å². The minimum atomic E-state index is -0.639. The summed E-state index contributed by atoms with van der Waals surface area (Å²) in [4.78, 5) is 12.5. The first-order chi connectivity index (χ1) is 8.94. The first kappa shape index (κ1) is 14.2. The van der Waals surface area contributed by atoms with Gasteiger partial charge in [0.25, 0.3) is 0 Å². The number of ether oxygens (including phenoxy) is 1. The van der Waals surface area contributed by atoms with Gasteiger partial charge in [-0.05, 0) is 55.9 Å². The van der Waals surface area contributed by atoms with Crippen molar-refractivity contribution in [3.8, 4) is 0 Å². The molecule has 1 atom stereocenters. The van der Waals surface area contributed by atoms with Crippen molar-refractivity contribution < 1.29 is 14.6 Å². The van der Waals surface area contributed by atoms with E-state index >= 15 is 0 Å². The highest BCUT2D eigenvalue weighted by atomic mass is 16.5. The van der Waals surface area contributed by atoms with Crippen LogP contribution in [0.25, 0.3) is 0 Å². The number of fused-ring (bicyclic) bond motifs is 1. The van der Waals surface area contributed by atoms with Gasteiger partial charge in [0.15, 0.2) is 5.78 Å². The molecule has 0 aliphatic heterocycles. The molecule has 0 unspecified atom stereocenters. The molecule has 0 radical (unpaired) electrons. The average molecular weight is 262 g/mol. The SMILES string of the molecule is COCCc1c(C)cc2c(c1C)C(=O)[C@](C)(CO)C2. The Kier molecular flexibility index (Phi) is 3.79. The Bertz CT molecular complexity index is 519. The highest BCUT2D eigenvalue weighted by molar-refractivity contribution is 6.06. The number of carbonyl (C=O) groups is 1. The van der Waals surface area contributed by atoms with Gasteiger partial charge in [-0.2, -0.15) is 0 Å². The van der Waals surface area contributed by atoms with Crippen LogP contribution in [0.15, 0.2) is 6.07 Å². The van der Waals surface area contributed by atoms with E-state index in [9.17, 15) is 9.90 Å². The first-order valence-electron chi connectivity index (χ1n) is 6.71. The van der Waals surface area contributed by atoms with E-state index in [0.29, 0.717) is 13.0 Å². The Balaban J connectivity index is 2.50. The number of benzene rings is 1. The van der Waals surface area contributed by atoms with Crippen molar-refractivity contribution in [2.24, 2.45) is 5.41 Å². The predicted octanol–water partition coefficient (Wildman–Crippen LogP) is 2.23. The van der Waals surface area contributed by atoms with Crippen LogP contribution >= 0.6 is 0 Å². The number of methoxy groups -OCH3 is 1. The summed E-state index contributed by atoms with van der Waals surface area (Å²) in [6.07, 6.45) is 1.47. The summed E-state index contributed by atoms with van der Waals surface area (Å²) < 4.78 is 5.14. The van der Waals surface area contributed by atoms with E-state index in [1.807, 2.05) is 13.8 Å². The molecular formula is C16H22O3. The lowest BCUT2D eigenvalue weighted by atomic mass is 9.86. The topological polar surface area (TPSA) is 46.5 Å². The highest BCUT2D eigenvalue weighted by Gasteiger charge is 2.42. The van der Waals surface area contributed by atoms with Gasteiger partial charge in [0.1, 0.15) is 0 Å². The molecule has 1 aliphatic carbocycles. The Hall–Kier alpha value is -1.19. The van der Waals surface area contributed by atoms with Gasteiger partial charge < -0.3 is 9.84 Å². The highest BCUT2D eigenvalue weighted by Crippen LogP contribution is 2.39. The molecule has 0 fully saturated rings. The molecule has 2 rings (SSSR count). The smallest absolute Gasteiger partial charge is 0.171 e. The largest absolute Gasteiger partial charge is 0.395 e. The van der Waals surface area contributed by atoms with E-state index < -0.39 is 5.41 Å². The van der Waals surface area contributed by atoms with Gasteiger partial charge in [-0.15, -0.1) is 0 Å². The van der Waals surface area contributed by atoms with Gasteiger partial charge in [0, 0.05) is 12.7 Å². The summed E-state index contributed by atoms with van der Waals surface area (Å²) >= 11 is 0. The van der Waals surface area contributed by atoms with Crippen molar-refractivity contribution in [3.05, 3.63) is 33.9 Å². The van der Waals surface area contributed by atoms with Crippen LogP contribution in [-0.4, -0.2) is 31.2 Å². The number of aliphatic hydroxyl groups is 1. The number of aliphatic hydroxyl groups excluding tert-OH is 1. The molecule has 3 heteroatoms. The van der Waals surface area contributed by atoms with Crippen molar-refractivity contribution in [1.29, 1.82) is 0 Å².